The van der Waals surface area contributed by atoms with E-state index in [2.05, 4.69) is 15.7 Å². The zero-order valence-corrected chi connectivity index (χ0v) is 10.6. The Morgan fingerprint density at radius 1 is 1.60 bits per heavy atom. The van der Waals surface area contributed by atoms with Gasteiger partial charge < -0.3 is 10.1 Å². The van der Waals surface area contributed by atoms with Crippen molar-refractivity contribution in [2.75, 3.05) is 20.3 Å². The molecule has 15 heavy (non-hydrogen) atoms. The summed E-state index contributed by atoms with van der Waals surface area (Å²) in [5, 5.41) is 6.59. The number of nitrogens with one attached hydrogen (secondary N) is 1. The number of ether oxygens (including phenoxy) is 1. The van der Waals surface area contributed by atoms with E-state index in [1.165, 1.54) is 5.69 Å². The number of hydrogen-bond donors (Lipinski definition) is 1. The van der Waals surface area contributed by atoms with Crippen molar-refractivity contribution >= 4 is 11.3 Å². The minimum atomic E-state index is 0.470. The van der Waals surface area contributed by atoms with Gasteiger partial charge in [0.1, 0.15) is 0 Å². The fourth-order valence-electron chi connectivity index (χ4n) is 1.47. The first-order valence-electron chi connectivity index (χ1n) is 5.42. The van der Waals surface area contributed by atoms with Gasteiger partial charge in [0.25, 0.3) is 0 Å². The van der Waals surface area contributed by atoms with Crippen LogP contribution in [0.4, 0.5) is 0 Å². The molecule has 0 saturated heterocycles. The molecule has 0 fully saturated rings. The summed E-state index contributed by atoms with van der Waals surface area (Å²) in [5.74, 6) is 0. The lowest BCUT2D eigenvalue weighted by molar-refractivity contribution is 0.137. The molecule has 1 atom stereocenters. The second-order valence-electron chi connectivity index (χ2n) is 3.53. The molecule has 0 bridgehead atoms. The molecule has 0 radical (unpaired) electrons. The molecule has 86 valence electrons. The number of thiazole rings is 1. The lowest BCUT2D eigenvalue weighted by Gasteiger charge is -2.14. The lowest BCUT2D eigenvalue weighted by Crippen LogP contribution is -2.29. The smallest absolute Gasteiger partial charge is 0.0897 e. The van der Waals surface area contributed by atoms with Gasteiger partial charge in [-0.3, -0.25) is 0 Å². The summed E-state index contributed by atoms with van der Waals surface area (Å²) < 4.78 is 5.35. The Bertz CT molecular complexity index is 275. The maximum atomic E-state index is 5.35. The van der Waals surface area contributed by atoms with E-state index in [9.17, 15) is 0 Å². The van der Waals surface area contributed by atoms with Gasteiger partial charge in [-0.2, -0.15) is 0 Å². The third-order valence-corrected chi connectivity index (χ3v) is 3.17. The molecule has 1 N–H and O–H groups in total. The summed E-state index contributed by atoms with van der Waals surface area (Å²) in [6.45, 7) is 5.69. The molecule has 1 aromatic heterocycles. The number of likely N-dealkylation sites (N-methyl/N-ethyl adjacent to an activating group) is 1. The average Bonchev–Trinajstić information content (AvgIpc) is 2.63. The van der Waals surface area contributed by atoms with E-state index in [0.717, 1.165) is 31.1 Å². The highest BCUT2D eigenvalue weighted by molar-refractivity contribution is 7.09. The molecule has 3 nitrogen and oxygen atoms in total. The Morgan fingerprint density at radius 3 is 2.93 bits per heavy atom. The normalized spacial score (nSPS) is 13.0. The molecule has 0 aromatic carbocycles. The third-order valence-electron chi connectivity index (χ3n) is 2.35. The number of hydrogen-bond acceptors (Lipinski definition) is 4. The van der Waals surface area contributed by atoms with E-state index < -0.39 is 0 Å². The molecule has 0 aliphatic rings. The lowest BCUT2D eigenvalue weighted by atomic mass is 10.1. The van der Waals surface area contributed by atoms with Crippen LogP contribution in [0.5, 0.6) is 0 Å². The van der Waals surface area contributed by atoms with Gasteiger partial charge >= 0.3 is 0 Å². The summed E-state index contributed by atoms with van der Waals surface area (Å²) in [5.41, 5.74) is 1.19. The van der Waals surface area contributed by atoms with Crippen molar-refractivity contribution in [1.29, 1.82) is 0 Å². The Hall–Kier alpha value is -0.450. The van der Waals surface area contributed by atoms with Gasteiger partial charge in [-0.15, -0.1) is 11.3 Å². The van der Waals surface area contributed by atoms with Crippen molar-refractivity contribution in [3.8, 4) is 0 Å². The van der Waals surface area contributed by atoms with Gasteiger partial charge in [0, 0.05) is 31.1 Å². The van der Waals surface area contributed by atoms with Crippen molar-refractivity contribution in [1.82, 2.24) is 10.3 Å². The predicted molar refractivity (Wildman–Crippen MR) is 64.5 cm³/mol. The Kier molecular flexibility index (Phi) is 5.83. The molecule has 0 aliphatic heterocycles. The third kappa shape index (κ3) is 4.73. The van der Waals surface area contributed by atoms with Crippen molar-refractivity contribution < 1.29 is 4.74 Å². The quantitative estimate of drug-likeness (QED) is 0.725. The molecular weight excluding hydrogens is 208 g/mol. The summed E-state index contributed by atoms with van der Waals surface area (Å²) in [6.07, 6.45) is 2.04. The highest BCUT2D eigenvalue weighted by atomic mass is 32.1. The van der Waals surface area contributed by atoms with Crippen LogP contribution in [0.15, 0.2) is 5.38 Å². The average molecular weight is 228 g/mol. The van der Waals surface area contributed by atoms with Crippen molar-refractivity contribution in [3.05, 3.63) is 16.1 Å². The minimum Gasteiger partial charge on any atom is -0.382 e. The first-order valence-corrected chi connectivity index (χ1v) is 6.30. The molecule has 0 saturated carbocycles. The van der Waals surface area contributed by atoms with E-state index in [1.807, 2.05) is 20.9 Å². The maximum absolute atomic E-state index is 5.35. The van der Waals surface area contributed by atoms with Crippen molar-refractivity contribution in [2.45, 2.75) is 32.7 Å². The van der Waals surface area contributed by atoms with E-state index in [-0.39, 0.29) is 0 Å². The minimum absolute atomic E-state index is 0.470. The van der Waals surface area contributed by atoms with Crippen molar-refractivity contribution in [3.63, 3.8) is 0 Å². The van der Waals surface area contributed by atoms with Crippen LogP contribution in [0, 0.1) is 6.92 Å². The maximum Gasteiger partial charge on any atom is 0.0897 e. The topological polar surface area (TPSA) is 34.1 Å². The van der Waals surface area contributed by atoms with Gasteiger partial charge in [0.15, 0.2) is 0 Å². The van der Waals surface area contributed by atoms with E-state index in [4.69, 9.17) is 4.74 Å². The molecule has 1 aromatic rings. The van der Waals surface area contributed by atoms with Crippen LogP contribution in [-0.4, -0.2) is 31.3 Å². The summed E-state index contributed by atoms with van der Waals surface area (Å²) >= 11 is 1.72. The Morgan fingerprint density at radius 2 is 2.40 bits per heavy atom. The van der Waals surface area contributed by atoms with Gasteiger partial charge in [-0.1, -0.05) is 0 Å². The molecule has 4 heteroatoms. The standard InChI is InChI=1S/C11H20N2OS/c1-4-14-6-5-10(12-3)7-11-8-15-9(2)13-11/h8,10,12H,4-7H2,1-3H3. The molecule has 1 rings (SSSR count). The second kappa shape index (κ2) is 6.93. The largest absolute Gasteiger partial charge is 0.382 e. The highest BCUT2D eigenvalue weighted by Gasteiger charge is 2.08. The Balaban J connectivity index is 2.33. The number of aromatic nitrogens is 1. The van der Waals surface area contributed by atoms with Gasteiger partial charge in [-0.05, 0) is 27.3 Å². The SMILES string of the molecule is CCOCCC(Cc1csc(C)n1)NC. The second-order valence-corrected chi connectivity index (χ2v) is 4.60. The van der Waals surface area contributed by atoms with E-state index >= 15 is 0 Å². The zero-order valence-electron chi connectivity index (χ0n) is 9.75. The predicted octanol–water partition coefficient (Wildman–Crippen LogP) is 2.01. The van der Waals surface area contributed by atoms with Crippen LogP contribution < -0.4 is 5.32 Å². The van der Waals surface area contributed by atoms with Gasteiger partial charge in [0.2, 0.25) is 0 Å². The summed E-state index contributed by atoms with van der Waals surface area (Å²) in [7, 11) is 2.00. The number of aryl methyl sites for hydroxylation is 1. The van der Waals surface area contributed by atoms with Crippen LogP contribution in [0.3, 0.4) is 0 Å². The number of nitrogens with zero attached hydrogens (tertiary/aromatic N) is 1. The molecule has 0 amide bonds. The number of rotatable bonds is 7. The fraction of sp³-hybridized carbons (Fsp3) is 0.727. The first kappa shape index (κ1) is 12.6. The first-order chi connectivity index (χ1) is 7.26. The molecule has 1 unspecified atom stereocenters. The van der Waals surface area contributed by atoms with Gasteiger partial charge in [-0.25, -0.2) is 4.98 Å². The monoisotopic (exact) mass is 228 g/mol. The van der Waals surface area contributed by atoms with Crippen LogP contribution in [0.25, 0.3) is 0 Å². The highest BCUT2D eigenvalue weighted by Crippen LogP contribution is 2.11. The molecule has 0 aliphatic carbocycles. The molecular formula is C11H20N2OS. The summed E-state index contributed by atoms with van der Waals surface area (Å²) in [6, 6.07) is 0.470. The summed E-state index contributed by atoms with van der Waals surface area (Å²) in [4.78, 5) is 4.46. The van der Waals surface area contributed by atoms with Crippen LogP contribution in [0.2, 0.25) is 0 Å². The fourth-order valence-corrected chi connectivity index (χ4v) is 2.10. The Labute approximate surface area is 95.9 Å². The van der Waals surface area contributed by atoms with Crippen LogP contribution in [0.1, 0.15) is 24.0 Å². The van der Waals surface area contributed by atoms with Crippen molar-refractivity contribution in [2.24, 2.45) is 0 Å². The molecule has 0 spiro atoms. The van der Waals surface area contributed by atoms with E-state index in [0.29, 0.717) is 6.04 Å². The molecule has 1 heterocycles. The van der Waals surface area contributed by atoms with Crippen LogP contribution >= 0.6 is 11.3 Å². The zero-order chi connectivity index (χ0) is 11.1. The van der Waals surface area contributed by atoms with Gasteiger partial charge in [0.05, 0.1) is 10.7 Å². The van der Waals surface area contributed by atoms with E-state index in [1.54, 1.807) is 11.3 Å². The van der Waals surface area contributed by atoms with Crippen LogP contribution in [-0.2, 0) is 11.2 Å².